The second-order valence-electron chi connectivity index (χ2n) is 6.40. The van der Waals surface area contributed by atoms with Gasteiger partial charge in [0.15, 0.2) is 0 Å². The van der Waals surface area contributed by atoms with Crippen molar-refractivity contribution in [1.82, 2.24) is 15.2 Å². The van der Waals surface area contributed by atoms with Gasteiger partial charge in [0.1, 0.15) is 16.5 Å². The Morgan fingerprint density at radius 2 is 2.12 bits per heavy atom. The molecular weight excluding hydrogens is 366 g/mol. The molecule has 0 amide bonds. The van der Waals surface area contributed by atoms with Crippen molar-refractivity contribution in [3.63, 3.8) is 0 Å². The van der Waals surface area contributed by atoms with E-state index in [0.29, 0.717) is 0 Å². The quantitative estimate of drug-likeness (QED) is 0.663. The largest absolute Gasteiger partial charge is 0.465 e. The molecule has 0 aromatic carbocycles. The fourth-order valence-corrected chi connectivity index (χ4v) is 4.71. The molecule has 1 unspecified atom stereocenters. The normalized spacial score (nSPS) is 16.8. The molecule has 0 radical (unpaired) electrons. The fourth-order valence-electron chi connectivity index (χ4n) is 3.18. The topological polar surface area (TPSA) is 50.5 Å². The van der Waals surface area contributed by atoms with E-state index >= 15 is 0 Å². The van der Waals surface area contributed by atoms with E-state index < -0.39 is 0 Å². The van der Waals surface area contributed by atoms with Gasteiger partial charge in [-0.2, -0.15) is 11.3 Å². The van der Waals surface area contributed by atoms with Crippen LogP contribution in [0.25, 0.3) is 10.6 Å². The minimum absolute atomic E-state index is 0.225. The molecule has 0 saturated carbocycles. The Balaban J connectivity index is 1.38. The van der Waals surface area contributed by atoms with E-state index in [-0.39, 0.29) is 6.04 Å². The number of thiophene rings is 1. The van der Waals surface area contributed by atoms with Crippen molar-refractivity contribution in [2.75, 3.05) is 32.8 Å². The van der Waals surface area contributed by atoms with Crippen LogP contribution in [0.15, 0.2) is 38.8 Å². The first-order valence-electron chi connectivity index (χ1n) is 8.85. The number of nitrogens with zero attached hydrogens (tertiary/aromatic N) is 2. The number of aryl methyl sites for hydroxylation is 1. The lowest BCUT2D eigenvalue weighted by Crippen LogP contribution is -2.42. The van der Waals surface area contributed by atoms with E-state index in [1.807, 2.05) is 13.0 Å². The SMILES string of the molecule is Cc1ccc(C(CNCc2csc(-c3ccsc3)n2)N2CCOCC2)o1. The molecule has 1 N–H and O–H groups in total. The Labute approximate surface area is 161 Å². The Morgan fingerprint density at radius 3 is 2.85 bits per heavy atom. The van der Waals surface area contributed by atoms with Crippen molar-refractivity contribution in [3.8, 4) is 10.6 Å². The third-order valence-electron chi connectivity index (χ3n) is 4.54. The summed E-state index contributed by atoms with van der Waals surface area (Å²) in [5, 5.41) is 11.0. The van der Waals surface area contributed by atoms with Gasteiger partial charge >= 0.3 is 0 Å². The number of furan rings is 1. The number of thiazole rings is 1. The molecule has 1 atom stereocenters. The van der Waals surface area contributed by atoms with Crippen molar-refractivity contribution in [1.29, 1.82) is 0 Å². The summed E-state index contributed by atoms with van der Waals surface area (Å²) >= 11 is 3.41. The molecule has 0 aliphatic carbocycles. The minimum Gasteiger partial charge on any atom is -0.465 e. The van der Waals surface area contributed by atoms with E-state index in [0.717, 1.165) is 61.6 Å². The molecule has 7 heteroatoms. The van der Waals surface area contributed by atoms with Crippen LogP contribution < -0.4 is 5.32 Å². The van der Waals surface area contributed by atoms with Crippen LogP contribution in [-0.4, -0.2) is 42.7 Å². The summed E-state index contributed by atoms with van der Waals surface area (Å²) in [6.07, 6.45) is 0. The summed E-state index contributed by atoms with van der Waals surface area (Å²) in [5.41, 5.74) is 2.30. The van der Waals surface area contributed by atoms with E-state index in [1.54, 1.807) is 22.7 Å². The average molecular weight is 390 g/mol. The summed E-state index contributed by atoms with van der Waals surface area (Å²) in [4.78, 5) is 7.18. The number of hydrogen-bond acceptors (Lipinski definition) is 7. The summed E-state index contributed by atoms with van der Waals surface area (Å²) in [6.45, 7) is 7.03. The monoisotopic (exact) mass is 389 g/mol. The van der Waals surface area contributed by atoms with Crippen LogP contribution in [0.4, 0.5) is 0 Å². The fraction of sp³-hybridized carbons (Fsp3) is 0.421. The van der Waals surface area contributed by atoms with Crippen molar-refractivity contribution in [2.24, 2.45) is 0 Å². The maximum Gasteiger partial charge on any atom is 0.124 e. The Kier molecular flexibility index (Phi) is 5.81. The predicted molar refractivity (Wildman–Crippen MR) is 106 cm³/mol. The van der Waals surface area contributed by atoms with Gasteiger partial charge in [-0.05, 0) is 30.5 Å². The average Bonchev–Trinajstić information content (AvgIpc) is 3.41. The lowest BCUT2D eigenvalue weighted by atomic mass is 10.1. The van der Waals surface area contributed by atoms with Crippen LogP contribution in [-0.2, 0) is 11.3 Å². The molecule has 1 saturated heterocycles. The zero-order chi connectivity index (χ0) is 17.8. The Bertz CT molecular complexity index is 806. The van der Waals surface area contributed by atoms with Crippen molar-refractivity contribution >= 4 is 22.7 Å². The molecule has 1 aliphatic rings. The molecule has 5 nitrogen and oxygen atoms in total. The molecule has 26 heavy (non-hydrogen) atoms. The van der Waals surface area contributed by atoms with Gasteiger partial charge < -0.3 is 14.5 Å². The van der Waals surface area contributed by atoms with Crippen LogP contribution in [0.3, 0.4) is 0 Å². The summed E-state index contributed by atoms with van der Waals surface area (Å²) in [7, 11) is 0. The van der Waals surface area contributed by atoms with E-state index in [9.17, 15) is 0 Å². The van der Waals surface area contributed by atoms with E-state index in [4.69, 9.17) is 14.1 Å². The molecule has 1 aliphatic heterocycles. The van der Waals surface area contributed by atoms with Crippen molar-refractivity contribution < 1.29 is 9.15 Å². The standard InChI is InChI=1S/C19H23N3O2S2/c1-14-2-3-18(24-14)17(22-5-7-23-8-6-22)11-20-10-16-13-26-19(21-16)15-4-9-25-12-15/h2-4,9,12-13,17,20H,5-8,10-11H2,1H3. The second-order valence-corrected chi connectivity index (χ2v) is 8.04. The third kappa shape index (κ3) is 4.24. The third-order valence-corrected chi connectivity index (χ3v) is 6.16. The lowest BCUT2D eigenvalue weighted by Gasteiger charge is -2.33. The summed E-state index contributed by atoms with van der Waals surface area (Å²) in [5.74, 6) is 1.98. The van der Waals surface area contributed by atoms with Gasteiger partial charge in [0.05, 0.1) is 24.9 Å². The zero-order valence-corrected chi connectivity index (χ0v) is 16.4. The van der Waals surface area contributed by atoms with Gasteiger partial charge in [0, 0.05) is 42.5 Å². The smallest absolute Gasteiger partial charge is 0.124 e. The number of rotatable bonds is 7. The first-order chi connectivity index (χ1) is 12.8. The highest BCUT2D eigenvalue weighted by atomic mass is 32.1. The number of nitrogens with one attached hydrogen (secondary N) is 1. The van der Waals surface area contributed by atoms with Gasteiger partial charge in [0.25, 0.3) is 0 Å². The highest BCUT2D eigenvalue weighted by Gasteiger charge is 2.24. The molecule has 1 fully saturated rings. The second kappa shape index (κ2) is 8.45. The van der Waals surface area contributed by atoms with Crippen LogP contribution in [0.2, 0.25) is 0 Å². The Hall–Kier alpha value is -1.51. The zero-order valence-electron chi connectivity index (χ0n) is 14.8. The molecule has 138 valence electrons. The lowest BCUT2D eigenvalue weighted by molar-refractivity contribution is 0.0115. The maximum atomic E-state index is 5.92. The highest BCUT2D eigenvalue weighted by Crippen LogP contribution is 2.26. The molecular formula is C19H23N3O2S2. The Morgan fingerprint density at radius 1 is 1.23 bits per heavy atom. The number of aromatic nitrogens is 1. The first-order valence-corrected chi connectivity index (χ1v) is 10.7. The number of ether oxygens (including phenoxy) is 1. The molecule has 0 bridgehead atoms. The van der Waals surface area contributed by atoms with Crippen LogP contribution >= 0.6 is 22.7 Å². The molecule has 3 aromatic rings. The van der Waals surface area contributed by atoms with E-state index in [1.165, 1.54) is 5.56 Å². The minimum atomic E-state index is 0.225. The molecule has 4 heterocycles. The van der Waals surface area contributed by atoms with Gasteiger partial charge in [-0.1, -0.05) is 0 Å². The van der Waals surface area contributed by atoms with Gasteiger partial charge in [0.2, 0.25) is 0 Å². The van der Waals surface area contributed by atoms with Gasteiger partial charge in [-0.15, -0.1) is 11.3 Å². The summed E-state index contributed by atoms with van der Waals surface area (Å²) < 4.78 is 11.4. The van der Waals surface area contributed by atoms with Gasteiger partial charge in [-0.25, -0.2) is 4.98 Å². The first kappa shape index (κ1) is 17.9. The maximum absolute atomic E-state index is 5.92. The molecule has 3 aromatic heterocycles. The number of morpholine rings is 1. The van der Waals surface area contributed by atoms with Crippen LogP contribution in [0.5, 0.6) is 0 Å². The highest BCUT2D eigenvalue weighted by molar-refractivity contribution is 7.14. The summed E-state index contributed by atoms with van der Waals surface area (Å²) in [6, 6.07) is 6.47. The van der Waals surface area contributed by atoms with E-state index in [2.05, 4.69) is 38.5 Å². The molecule has 4 rings (SSSR count). The van der Waals surface area contributed by atoms with Crippen LogP contribution in [0, 0.1) is 6.92 Å². The molecule has 0 spiro atoms. The van der Waals surface area contributed by atoms with Gasteiger partial charge in [-0.3, -0.25) is 4.90 Å². The van der Waals surface area contributed by atoms with Crippen molar-refractivity contribution in [3.05, 3.63) is 51.6 Å². The number of hydrogen-bond donors (Lipinski definition) is 1. The van der Waals surface area contributed by atoms with Crippen molar-refractivity contribution in [2.45, 2.75) is 19.5 Å². The predicted octanol–water partition coefficient (Wildman–Crippen LogP) is 3.94. The van der Waals surface area contributed by atoms with Crippen LogP contribution in [0.1, 0.15) is 23.3 Å².